The van der Waals surface area contributed by atoms with E-state index in [1.807, 2.05) is 6.07 Å². The Kier molecular flexibility index (Phi) is 3.88. The standard InChI is InChI=1S/C18H13BrFN3O2/c19-11-4-5-16-21-8-14(18(25)23(16)9-11)17(24)22-15-7-13(15)10-2-1-3-12(20)6-10/h1-6,8-9,13,15H,7H2,(H,22,24)/t13-,15+/m1/s1. The van der Waals surface area contributed by atoms with Gasteiger partial charge in [0.15, 0.2) is 0 Å². The maximum absolute atomic E-state index is 13.3. The third kappa shape index (κ3) is 3.07. The van der Waals surface area contributed by atoms with Gasteiger partial charge in [-0.3, -0.25) is 14.0 Å². The lowest BCUT2D eigenvalue weighted by atomic mass is 10.1. The van der Waals surface area contributed by atoms with Gasteiger partial charge < -0.3 is 5.32 Å². The molecule has 1 aliphatic rings. The molecule has 2 atom stereocenters. The summed E-state index contributed by atoms with van der Waals surface area (Å²) in [6.45, 7) is 0. The summed E-state index contributed by atoms with van der Waals surface area (Å²) in [6, 6.07) is 9.71. The number of carbonyl (C=O) groups excluding carboxylic acids is 1. The molecule has 126 valence electrons. The lowest BCUT2D eigenvalue weighted by Crippen LogP contribution is -2.33. The van der Waals surface area contributed by atoms with Crippen molar-refractivity contribution in [2.75, 3.05) is 0 Å². The van der Waals surface area contributed by atoms with Gasteiger partial charge in [0.25, 0.3) is 11.5 Å². The first kappa shape index (κ1) is 16.0. The van der Waals surface area contributed by atoms with Crippen LogP contribution in [0.5, 0.6) is 0 Å². The van der Waals surface area contributed by atoms with E-state index in [1.54, 1.807) is 24.4 Å². The van der Waals surface area contributed by atoms with E-state index >= 15 is 0 Å². The number of halogens is 2. The van der Waals surface area contributed by atoms with Gasteiger partial charge in [0.2, 0.25) is 0 Å². The predicted octanol–water partition coefficient (Wildman–Crippen LogP) is 2.88. The van der Waals surface area contributed by atoms with Crippen molar-refractivity contribution in [1.29, 1.82) is 0 Å². The fraction of sp³-hybridized carbons (Fsp3) is 0.167. The number of pyridine rings is 1. The summed E-state index contributed by atoms with van der Waals surface area (Å²) in [7, 11) is 0. The van der Waals surface area contributed by atoms with Crippen LogP contribution in [0.15, 0.2) is 58.1 Å². The van der Waals surface area contributed by atoms with Gasteiger partial charge in [-0.1, -0.05) is 12.1 Å². The molecule has 1 N–H and O–H groups in total. The number of hydrogen-bond donors (Lipinski definition) is 1. The summed E-state index contributed by atoms with van der Waals surface area (Å²) in [4.78, 5) is 29.1. The fourth-order valence-electron chi connectivity index (χ4n) is 2.91. The molecule has 0 saturated heterocycles. The lowest BCUT2D eigenvalue weighted by Gasteiger charge is -2.06. The Balaban J connectivity index is 1.55. The zero-order valence-corrected chi connectivity index (χ0v) is 14.5. The predicted molar refractivity (Wildman–Crippen MR) is 94.2 cm³/mol. The zero-order chi connectivity index (χ0) is 17.6. The Labute approximate surface area is 150 Å². The van der Waals surface area contributed by atoms with Crippen LogP contribution < -0.4 is 10.9 Å². The quantitative estimate of drug-likeness (QED) is 0.733. The van der Waals surface area contributed by atoms with Gasteiger partial charge >= 0.3 is 0 Å². The third-order valence-corrected chi connectivity index (χ3v) is 4.76. The maximum atomic E-state index is 13.3. The van der Waals surface area contributed by atoms with Crippen molar-refractivity contribution in [2.45, 2.75) is 18.4 Å². The van der Waals surface area contributed by atoms with E-state index in [0.29, 0.717) is 5.65 Å². The van der Waals surface area contributed by atoms with E-state index in [-0.39, 0.29) is 23.3 Å². The van der Waals surface area contributed by atoms with Crippen LogP contribution >= 0.6 is 15.9 Å². The van der Waals surface area contributed by atoms with Crippen LogP contribution in [0.3, 0.4) is 0 Å². The largest absolute Gasteiger partial charge is 0.348 e. The number of benzene rings is 1. The summed E-state index contributed by atoms with van der Waals surface area (Å²) < 4.78 is 15.3. The topological polar surface area (TPSA) is 63.5 Å². The van der Waals surface area contributed by atoms with Gasteiger partial charge in [-0.25, -0.2) is 9.37 Å². The Morgan fingerprint density at radius 1 is 1.32 bits per heavy atom. The first-order valence-electron chi connectivity index (χ1n) is 7.76. The minimum Gasteiger partial charge on any atom is -0.348 e. The van der Waals surface area contributed by atoms with Crippen LogP contribution in [-0.2, 0) is 0 Å². The van der Waals surface area contributed by atoms with Gasteiger partial charge in [-0.05, 0) is 52.2 Å². The van der Waals surface area contributed by atoms with E-state index in [1.165, 1.54) is 22.7 Å². The molecule has 3 aromatic rings. The average molecular weight is 402 g/mol. The second-order valence-corrected chi connectivity index (χ2v) is 6.95. The first-order chi connectivity index (χ1) is 12.0. The molecule has 1 aromatic carbocycles. The minimum absolute atomic E-state index is 0.0134. The molecule has 0 unspecified atom stereocenters. The van der Waals surface area contributed by atoms with Crippen molar-refractivity contribution in [3.8, 4) is 0 Å². The van der Waals surface area contributed by atoms with Gasteiger partial charge in [0, 0.05) is 28.8 Å². The molecule has 7 heteroatoms. The van der Waals surface area contributed by atoms with Crippen LogP contribution in [0.4, 0.5) is 4.39 Å². The lowest BCUT2D eigenvalue weighted by molar-refractivity contribution is 0.0948. The molecule has 2 heterocycles. The molecule has 1 fully saturated rings. The van der Waals surface area contributed by atoms with Crippen LogP contribution in [-0.4, -0.2) is 21.3 Å². The average Bonchev–Trinajstić information content (AvgIpc) is 3.35. The van der Waals surface area contributed by atoms with Crippen molar-refractivity contribution in [3.05, 3.63) is 80.6 Å². The van der Waals surface area contributed by atoms with Crippen LogP contribution in [0.1, 0.15) is 28.3 Å². The molecule has 1 amide bonds. The van der Waals surface area contributed by atoms with Gasteiger partial charge in [-0.2, -0.15) is 0 Å². The Morgan fingerprint density at radius 3 is 2.96 bits per heavy atom. The number of carbonyl (C=O) groups is 1. The molecule has 5 nitrogen and oxygen atoms in total. The highest BCUT2D eigenvalue weighted by atomic mass is 79.9. The Bertz CT molecular complexity index is 1050. The van der Waals surface area contributed by atoms with Gasteiger partial charge in [-0.15, -0.1) is 0 Å². The normalized spacial score (nSPS) is 19.0. The molecular weight excluding hydrogens is 389 g/mol. The van der Waals surface area contributed by atoms with Gasteiger partial charge in [0.1, 0.15) is 17.0 Å². The van der Waals surface area contributed by atoms with Crippen molar-refractivity contribution >= 4 is 27.5 Å². The third-order valence-electron chi connectivity index (χ3n) is 4.29. The molecule has 0 radical (unpaired) electrons. The fourth-order valence-corrected chi connectivity index (χ4v) is 3.25. The molecule has 0 spiro atoms. The summed E-state index contributed by atoms with van der Waals surface area (Å²) in [5.41, 5.74) is 0.878. The van der Waals surface area contributed by atoms with Crippen LogP contribution in [0.2, 0.25) is 0 Å². The number of nitrogens with zero attached hydrogens (tertiary/aromatic N) is 2. The number of rotatable bonds is 3. The SMILES string of the molecule is O=C(N[C@H]1C[C@@H]1c1cccc(F)c1)c1cnc2ccc(Br)cn2c1=O. The molecule has 1 aliphatic carbocycles. The van der Waals surface area contributed by atoms with E-state index in [4.69, 9.17) is 0 Å². The highest BCUT2D eigenvalue weighted by Gasteiger charge is 2.40. The van der Waals surface area contributed by atoms with Gasteiger partial charge in [0.05, 0.1) is 0 Å². The number of amides is 1. The van der Waals surface area contributed by atoms with E-state index in [9.17, 15) is 14.0 Å². The molecular formula is C18H13BrFN3O2. The van der Waals surface area contributed by atoms with Crippen molar-refractivity contribution in [2.24, 2.45) is 0 Å². The molecule has 2 aromatic heterocycles. The number of aromatic nitrogens is 2. The van der Waals surface area contributed by atoms with E-state index < -0.39 is 11.5 Å². The van der Waals surface area contributed by atoms with E-state index in [2.05, 4.69) is 26.2 Å². The molecule has 25 heavy (non-hydrogen) atoms. The molecule has 0 bridgehead atoms. The smallest absolute Gasteiger partial charge is 0.270 e. The molecule has 0 aliphatic heterocycles. The monoisotopic (exact) mass is 401 g/mol. The Hall–Kier alpha value is -2.54. The van der Waals surface area contributed by atoms with Crippen molar-refractivity contribution in [1.82, 2.24) is 14.7 Å². The zero-order valence-electron chi connectivity index (χ0n) is 12.9. The number of hydrogen-bond acceptors (Lipinski definition) is 3. The van der Waals surface area contributed by atoms with Crippen molar-refractivity contribution in [3.63, 3.8) is 0 Å². The second-order valence-electron chi connectivity index (χ2n) is 6.03. The minimum atomic E-state index is -0.462. The summed E-state index contributed by atoms with van der Waals surface area (Å²) >= 11 is 3.30. The number of fused-ring (bicyclic) bond motifs is 1. The highest BCUT2D eigenvalue weighted by molar-refractivity contribution is 9.10. The highest BCUT2D eigenvalue weighted by Crippen LogP contribution is 2.40. The summed E-state index contributed by atoms with van der Waals surface area (Å²) in [6.07, 6.45) is 3.59. The molecule has 4 rings (SSSR count). The Morgan fingerprint density at radius 2 is 2.16 bits per heavy atom. The first-order valence-corrected chi connectivity index (χ1v) is 8.55. The maximum Gasteiger partial charge on any atom is 0.270 e. The van der Waals surface area contributed by atoms with Crippen molar-refractivity contribution < 1.29 is 9.18 Å². The summed E-state index contributed by atoms with van der Waals surface area (Å²) in [5, 5.41) is 2.83. The summed E-state index contributed by atoms with van der Waals surface area (Å²) in [5.74, 6) is -0.683. The van der Waals surface area contributed by atoms with E-state index in [0.717, 1.165) is 16.5 Å². The van der Waals surface area contributed by atoms with Crippen LogP contribution in [0, 0.1) is 5.82 Å². The molecule has 1 saturated carbocycles. The second kappa shape index (κ2) is 6.07. The number of nitrogens with one attached hydrogen (secondary N) is 1. The van der Waals surface area contributed by atoms with Crippen LogP contribution in [0.25, 0.3) is 5.65 Å².